The third-order valence-corrected chi connectivity index (χ3v) is 3.07. The highest BCUT2D eigenvalue weighted by Gasteiger charge is 2.36. The minimum Gasteiger partial charge on any atom is -0.497 e. The number of hydrogen-bond donors (Lipinski definition) is 0. The Kier molecular flexibility index (Phi) is 2.04. The Morgan fingerprint density at radius 3 is 2.76 bits per heavy atom. The molecule has 4 nitrogen and oxygen atoms in total. The van der Waals surface area contributed by atoms with Gasteiger partial charge in [-0.15, -0.1) is 0 Å². The van der Waals surface area contributed by atoms with Gasteiger partial charge in [0.1, 0.15) is 11.5 Å². The number of ether oxygens (including phenoxy) is 2. The number of Topliss-reactive ketones (excluding diaryl/α,β-unsaturated/α-hetero) is 2. The maximum absolute atomic E-state index is 11.9. The summed E-state index contributed by atoms with van der Waals surface area (Å²) >= 11 is 0. The second-order valence-corrected chi connectivity index (χ2v) is 3.98. The van der Waals surface area contributed by atoms with Crippen LogP contribution in [0.4, 0.5) is 0 Å². The van der Waals surface area contributed by atoms with E-state index in [1.165, 1.54) is 7.11 Å². The number of hydrogen-bond acceptors (Lipinski definition) is 4. The molecule has 0 radical (unpaired) electrons. The summed E-state index contributed by atoms with van der Waals surface area (Å²) in [4.78, 5) is 23.8. The van der Waals surface area contributed by atoms with Gasteiger partial charge >= 0.3 is 0 Å². The maximum Gasteiger partial charge on any atom is 0.234 e. The molecule has 0 saturated heterocycles. The minimum absolute atomic E-state index is 0.370. The molecule has 17 heavy (non-hydrogen) atoms. The van der Waals surface area contributed by atoms with E-state index < -0.39 is 11.6 Å². The SMILES string of the molecule is COc1ccc2c(c1)C(=O)C(=O)C1=C2OCC1. The quantitative estimate of drug-likeness (QED) is 0.687. The van der Waals surface area contributed by atoms with E-state index in [2.05, 4.69) is 0 Å². The molecule has 1 aliphatic carbocycles. The molecule has 1 aromatic carbocycles. The highest BCUT2D eigenvalue weighted by molar-refractivity contribution is 6.52. The number of fused-ring (bicyclic) bond motifs is 2. The second-order valence-electron chi connectivity index (χ2n) is 3.98. The summed E-state index contributed by atoms with van der Waals surface area (Å²) in [7, 11) is 1.52. The molecule has 0 atom stereocenters. The normalized spacial score (nSPS) is 17.7. The maximum atomic E-state index is 11.9. The van der Waals surface area contributed by atoms with E-state index in [1.54, 1.807) is 18.2 Å². The van der Waals surface area contributed by atoms with Crippen molar-refractivity contribution >= 4 is 17.3 Å². The highest BCUT2D eigenvalue weighted by Crippen LogP contribution is 2.37. The smallest absolute Gasteiger partial charge is 0.234 e. The Bertz CT molecular complexity index is 569. The fourth-order valence-electron chi connectivity index (χ4n) is 2.21. The molecule has 2 aliphatic rings. The molecule has 3 rings (SSSR count). The van der Waals surface area contributed by atoms with Gasteiger partial charge in [-0.05, 0) is 18.2 Å². The molecule has 0 spiro atoms. The van der Waals surface area contributed by atoms with Gasteiger partial charge in [-0.2, -0.15) is 0 Å². The molecule has 4 heteroatoms. The lowest BCUT2D eigenvalue weighted by atomic mass is 9.88. The van der Waals surface area contributed by atoms with E-state index in [0.29, 0.717) is 41.2 Å². The number of rotatable bonds is 1. The van der Waals surface area contributed by atoms with E-state index in [9.17, 15) is 9.59 Å². The molecule has 0 bridgehead atoms. The molecular formula is C13H10O4. The lowest BCUT2D eigenvalue weighted by Gasteiger charge is -2.16. The largest absolute Gasteiger partial charge is 0.497 e. The van der Waals surface area contributed by atoms with E-state index in [-0.39, 0.29) is 0 Å². The van der Waals surface area contributed by atoms with Gasteiger partial charge in [0, 0.05) is 23.1 Å². The lowest BCUT2D eigenvalue weighted by Crippen LogP contribution is -2.22. The number of methoxy groups -OCH3 is 1. The van der Waals surface area contributed by atoms with Crippen molar-refractivity contribution in [2.45, 2.75) is 6.42 Å². The predicted molar refractivity (Wildman–Crippen MR) is 59.8 cm³/mol. The first-order valence-electron chi connectivity index (χ1n) is 5.36. The van der Waals surface area contributed by atoms with Gasteiger partial charge in [0.15, 0.2) is 0 Å². The van der Waals surface area contributed by atoms with E-state index >= 15 is 0 Å². The zero-order valence-electron chi connectivity index (χ0n) is 9.28. The van der Waals surface area contributed by atoms with Crippen LogP contribution >= 0.6 is 0 Å². The first kappa shape index (κ1) is 10.1. The Morgan fingerprint density at radius 2 is 2.00 bits per heavy atom. The molecule has 0 N–H and O–H groups in total. The van der Waals surface area contributed by atoms with Crippen LogP contribution in [0.2, 0.25) is 0 Å². The van der Waals surface area contributed by atoms with Gasteiger partial charge in [0.25, 0.3) is 0 Å². The van der Waals surface area contributed by atoms with Crippen molar-refractivity contribution in [2.75, 3.05) is 13.7 Å². The number of benzene rings is 1. The fraction of sp³-hybridized carbons (Fsp3) is 0.231. The van der Waals surface area contributed by atoms with Gasteiger partial charge in [-0.3, -0.25) is 9.59 Å². The molecule has 1 aliphatic heterocycles. The first-order chi connectivity index (χ1) is 8.22. The van der Waals surface area contributed by atoms with Crippen LogP contribution < -0.4 is 4.74 Å². The lowest BCUT2D eigenvalue weighted by molar-refractivity contribution is -0.111. The molecule has 1 aromatic rings. The summed E-state index contributed by atoms with van der Waals surface area (Å²) in [5.41, 5.74) is 1.57. The summed E-state index contributed by atoms with van der Waals surface area (Å²) in [6.45, 7) is 0.467. The van der Waals surface area contributed by atoms with Crippen LogP contribution in [0.25, 0.3) is 5.76 Å². The van der Waals surface area contributed by atoms with Crippen LogP contribution in [-0.2, 0) is 9.53 Å². The van der Waals surface area contributed by atoms with Crippen LogP contribution in [0.1, 0.15) is 22.3 Å². The topological polar surface area (TPSA) is 52.6 Å². The average Bonchev–Trinajstić information content (AvgIpc) is 2.84. The van der Waals surface area contributed by atoms with Crippen molar-refractivity contribution in [3.63, 3.8) is 0 Å². The highest BCUT2D eigenvalue weighted by atomic mass is 16.5. The standard InChI is InChI=1S/C13H10O4/c1-16-7-2-3-8-10(6-7)12(15)11(14)9-4-5-17-13(8)9/h2-3,6H,4-5H2,1H3. The van der Waals surface area contributed by atoms with Crippen molar-refractivity contribution in [3.05, 3.63) is 34.9 Å². The van der Waals surface area contributed by atoms with Gasteiger partial charge < -0.3 is 9.47 Å². The van der Waals surface area contributed by atoms with Gasteiger partial charge in [0.05, 0.1) is 13.7 Å². The molecule has 0 fully saturated rings. The third kappa shape index (κ3) is 1.30. The van der Waals surface area contributed by atoms with Gasteiger partial charge in [-0.25, -0.2) is 0 Å². The van der Waals surface area contributed by atoms with Gasteiger partial charge in [0.2, 0.25) is 11.6 Å². The second kappa shape index (κ2) is 3.45. The van der Waals surface area contributed by atoms with Crippen molar-refractivity contribution in [1.82, 2.24) is 0 Å². The van der Waals surface area contributed by atoms with E-state index in [0.717, 1.165) is 0 Å². The summed E-state index contributed by atoms with van der Waals surface area (Å²) in [6, 6.07) is 5.11. The molecular weight excluding hydrogens is 220 g/mol. The molecule has 0 saturated carbocycles. The fourth-order valence-corrected chi connectivity index (χ4v) is 2.21. The van der Waals surface area contributed by atoms with Crippen LogP contribution in [-0.4, -0.2) is 25.3 Å². The van der Waals surface area contributed by atoms with Gasteiger partial charge in [-0.1, -0.05) is 0 Å². The molecule has 0 aromatic heterocycles. The van der Waals surface area contributed by atoms with Crippen LogP contribution in [0.5, 0.6) is 5.75 Å². The number of carbonyl (C=O) groups is 2. The summed E-state index contributed by atoms with van der Waals surface area (Å²) in [6.07, 6.45) is 0.519. The van der Waals surface area contributed by atoms with Crippen molar-refractivity contribution in [3.8, 4) is 5.75 Å². The average molecular weight is 230 g/mol. The number of carbonyl (C=O) groups excluding carboxylic acids is 2. The first-order valence-corrected chi connectivity index (χ1v) is 5.36. The third-order valence-electron chi connectivity index (χ3n) is 3.07. The van der Waals surface area contributed by atoms with Crippen molar-refractivity contribution < 1.29 is 19.1 Å². The van der Waals surface area contributed by atoms with Crippen LogP contribution in [0.15, 0.2) is 23.8 Å². The Balaban J connectivity index is 2.24. The number of ketones is 2. The van der Waals surface area contributed by atoms with E-state index in [1.807, 2.05) is 0 Å². The molecule has 0 amide bonds. The minimum atomic E-state index is -0.469. The van der Waals surface area contributed by atoms with Crippen LogP contribution in [0, 0.1) is 0 Å². The van der Waals surface area contributed by atoms with Crippen LogP contribution in [0.3, 0.4) is 0 Å². The monoisotopic (exact) mass is 230 g/mol. The zero-order chi connectivity index (χ0) is 12.0. The van der Waals surface area contributed by atoms with E-state index in [4.69, 9.17) is 9.47 Å². The molecule has 0 unspecified atom stereocenters. The molecule has 86 valence electrons. The molecule has 1 heterocycles. The zero-order valence-corrected chi connectivity index (χ0v) is 9.28. The summed E-state index contributed by atoms with van der Waals surface area (Å²) in [5, 5.41) is 0. The summed E-state index contributed by atoms with van der Waals surface area (Å²) in [5.74, 6) is 0.209. The Labute approximate surface area is 97.8 Å². The Morgan fingerprint density at radius 1 is 1.18 bits per heavy atom. The Hall–Kier alpha value is -2.10. The van der Waals surface area contributed by atoms with Crippen molar-refractivity contribution in [1.29, 1.82) is 0 Å². The summed E-state index contributed by atoms with van der Waals surface area (Å²) < 4.78 is 10.5. The predicted octanol–water partition coefficient (Wildman–Crippen LogP) is 1.59. The van der Waals surface area contributed by atoms with Crippen molar-refractivity contribution in [2.24, 2.45) is 0 Å².